The summed E-state index contributed by atoms with van der Waals surface area (Å²) in [7, 11) is -3.80. The first kappa shape index (κ1) is 17.8. The molecule has 0 unspecified atom stereocenters. The lowest BCUT2D eigenvalue weighted by Gasteiger charge is -2.25. The summed E-state index contributed by atoms with van der Waals surface area (Å²) >= 11 is 0. The highest BCUT2D eigenvalue weighted by molar-refractivity contribution is 7.55. The molecule has 0 radical (unpaired) electrons. The van der Waals surface area contributed by atoms with Gasteiger partial charge in [-0.25, -0.2) is 4.39 Å². The van der Waals surface area contributed by atoms with E-state index < -0.39 is 25.0 Å². The molecule has 1 atom stereocenters. The van der Waals surface area contributed by atoms with Crippen LogP contribution in [0.3, 0.4) is 0 Å². The predicted molar refractivity (Wildman–Crippen MR) is 76.6 cm³/mol. The fourth-order valence-corrected chi connectivity index (χ4v) is 3.84. The third-order valence-corrected chi connectivity index (χ3v) is 4.99. The van der Waals surface area contributed by atoms with Crippen molar-refractivity contribution in [2.75, 3.05) is 19.8 Å². The molecular formula is C14H20FO5P. The summed E-state index contributed by atoms with van der Waals surface area (Å²) in [5.41, 5.74) is -1.09. The molecule has 0 fully saturated rings. The smallest absolute Gasteiger partial charge is 0.349 e. The molecule has 5 nitrogen and oxygen atoms in total. The van der Waals surface area contributed by atoms with Crippen LogP contribution in [0.2, 0.25) is 0 Å². The second-order valence-electron chi connectivity index (χ2n) is 4.08. The maximum atomic E-state index is 13.4. The van der Waals surface area contributed by atoms with Crippen LogP contribution in [-0.2, 0) is 23.1 Å². The van der Waals surface area contributed by atoms with E-state index in [1.54, 1.807) is 20.8 Å². The number of carbonyl (C=O) groups excluding carboxylic acids is 1. The molecule has 1 aromatic carbocycles. The summed E-state index contributed by atoms with van der Waals surface area (Å²) in [5.74, 6) is -1.30. The van der Waals surface area contributed by atoms with E-state index in [0.717, 1.165) is 6.07 Å². The van der Waals surface area contributed by atoms with Crippen molar-refractivity contribution in [3.63, 3.8) is 0 Å². The molecule has 0 bridgehead atoms. The molecule has 118 valence electrons. The molecular weight excluding hydrogens is 298 g/mol. The standard InChI is InChI=1S/C14H20FO5P/c1-4-18-14(16)13(11-8-7-9-12(15)10-11)21(17,19-5-2)20-6-3/h7-10,13H,4-6H2,1-3H3/t13-/m1/s1. The largest absolute Gasteiger partial charge is 0.465 e. The Morgan fingerprint density at radius 2 is 1.81 bits per heavy atom. The Bertz CT molecular complexity index is 510. The second-order valence-corrected chi connectivity index (χ2v) is 6.20. The topological polar surface area (TPSA) is 61.8 Å². The van der Waals surface area contributed by atoms with Gasteiger partial charge in [0.2, 0.25) is 0 Å². The highest BCUT2D eigenvalue weighted by atomic mass is 31.2. The van der Waals surface area contributed by atoms with Crippen LogP contribution in [0.4, 0.5) is 4.39 Å². The van der Waals surface area contributed by atoms with Gasteiger partial charge in [-0.3, -0.25) is 9.36 Å². The van der Waals surface area contributed by atoms with Crippen molar-refractivity contribution in [3.05, 3.63) is 35.6 Å². The van der Waals surface area contributed by atoms with Gasteiger partial charge >= 0.3 is 13.6 Å². The Kier molecular flexibility index (Phi) is 7.02. The minimum atomic E-state index is -3.80. The van der Waals surface area contributed by atoms with Crippen LogP contribution in [0.15, 0.2) is 24.3 Å². The number of rotatable bonds is 8. The summed E-state index contributed by atoms with van der Waals surface area (Å²) in [4.78, 5) is 12.2. The lowest BCUT2D eigenvalue weighted by atomic mass is 10.1. The Hall–Kier alpha value is -1.23. The fourth-order valence-electron chi connectivity index (χ4n) is 1.89. The summed E-state index contributed by atoms with van der Waals surface area (Å²) in [5, 5.41) is 0. The van der Waals surface area contributed by atoms with Crippen LogP contribution in [0.5, 0.6) is 0 Å². The van der Waals surface area contributed by atoms with E-state index in [4.69, 9.17) is 13.8 Å². The van der Waals surface area contributed by atoms with Crippen molar-refractivity contribution in [2.24, 2.45) is 0 Å². The Morgan fingerprint density at radius 3 is 2.29 bits per heavy atom. The van der Waals surface area contributed by atoms with E-state index in [-0.39, 0.29) is 25.4 Å². The van der Waals surface area contributed by atoms with Gasteiger partial charge in [-0.15, -0.1) is 0 Å². The van der Waals surface area contributed by atoms with Gasteiger partial charge in [-0.05, 0) is 38.5 Å². The first-order chi connectivity index (χ1) is 9.98. The molecule has 0 aliphatic carbocycles. The van der Waals surface area contributed by atoms with Gasteiger partial charge in [0, 0.05) is 0 Å². The van der Waals surface area contributed by atoms with E-state index >= 15 is 0 Å². The van der Waals surface area contributed by atoms with Crippen LogP contribution in [0.1, 0.15) is 32.0 Å². The lowest BCUT2D eigenvalue weighted by Crippen LogP contribution is -2.19. The first-order valence-corrected chi connectivity index (χ1v) is 8.40. The average molecular weight is 318 g/mol. The number of esters is 1. The molecule has 7 heteroatoms. The Labute approximate surface area is 123 Å². The van der Waals surface area contributed by atoms with Crippen molar-refractivity contribution in [1.29, 1.82) is 0 Å². The molecule has 0 aliphatic heterocycles. The van der Waals surface area contributed by atoms with E-state index in [1.807, 2.05) is 0 Å². The van der Waals surface area contributed by atoms with Crippen LogP contribution >= 0.6 is 7.60 Å². The van der Waals surface area contributed by atoms with Crippen LogP contribution in [0, 0.1) is 5.82 Å². The van der Waals surface area contributed by atoms with Crippen molar-refractivity contribution < 1.29 is 27.5 Å². The first-order valence-electron chi connectivity index (χ1n) is 6.79. The maximum Gasteiger partial charge on any atom is 0.349 e. The minimum Gasteiger partial charge on any atom is -0.465 e. The summed E-state index contributed by atoms with van der Waals surface area (Å²) in [6.45, 7) is 5.22. The third-order valence-electron chi connectivity index (χ3n) is 2.61. The number of hydrogen-bond acceptors (Lipinski definition) is 5. The van der Waals surface area contributed by atoms with Gasteiger partial charge in [0.1, 0.15) is 5.82 Å². The molecule has 0 aliphatic rings. The van der Waals surface area contributed by atoms with E-state index in [2.05, 4.69) is 0 Å². The summed E-state index contributed by atoms with van der Waals surface area (Å²) in [6, 6.07) is 5.29. The summed E-state index contributed by atoms with van der Waals surface area (Å²) < 4.78 is 41.6. The van der Waals surface area contributed by atoms with E-state index in [0.29, 0.717) is 0 Å². The van der Waals surface area contributed by atoms with Gasteiger partial charge in [-0.2, -0.15) is 0 Å². The number of halogens is 1. The predicted octanol–water partition coefficient (Wildman–Crippen LogP) is 3.70. The van der Waals surface area contributed by atoms with Crippen molar-refractivity contribution in [2.45, 2.75) is 26.4 Å². The van der Waals surface area contributed by atoms with Gasteiger partial charge in [0.15, 0.2) is 5.66 Å². The van der Waals surface area contributed by atoms with Gasteiger partial charge < -0.3 is 13.8 Å². The van der Waals surface area contributed by atoms with Gasteiger partial charge in [0.25, 0.3) is 0 Å². The number of hydrogen-bond donors (Lipinski definition) is 0. The Morgan fingerprint density at radius 1 is 1.19 bits per heavy atom. The molecule has 0 heterocycles. The highest BCUT2D eigenvalue weighted by Gasteiger charge is 2.43. The third kappa shape index (κ3) is 4.63. The quantitative estimate of drug-likeness (QED) is 0.540. The van der Waals surface area contributed by atoms with E-state index in [1.165, 1.54) is 18.2 Å². The number of ether oxygens (including phenoxy) is 1. The summed E-state index contributed by atoms with van der Waals surface area (Å²) in [6.07, 6.45) is 0. The average Bonchev–Trinajstić information content (AvgIpc) is 2.39. The second kappa shape index (κ2) is 8.27. The molecule has 1 aromatic rings. The van der Waals surface area contributed by atoms with Crippen LogP contribution in [-0.4, -0.2) is 25.8 Å². The number of carbonyl (C=O) groups is 1. The maximum absolute atomic E-state index is 13.4. The van der Waals surface area contributed by atoms with Gasteiger partial charge in [-0.1, -0.05) is 12.1 Å². The monoisotopic (exact) mass is 318 g/mol. The van der Waals surface area contributed by atoms with Gasteiger partial charge in [0.05, 0.1) is 19.8 Å². The molecule has 0 N–H and O–H groups in total. The molecule has 0 amide bonds. The van der Waals surface area contributed by atoms with E-state index in [9.17, 15) is 13.8 Å². The normalized spacial score (nSPS) is 13.0. The zero-order valence-electron chi connectivity index (χ0n) is 12.4. The Balaban J connectivity index is 3.29. The molecule has 0 aromatic heterocycles. The zero-order valence-corrected chi connectivity index (χ0v) is 13.3. The van der Waals surface area contributed by atoms with Crippen molar-refractivity contribution in [1.82, 2.24) is 0 Å². The minimum absolute atomic E-state index is 0.0997. The van der Waals surface area contributed by atoms with Crippen molar-refractivity contribution in [3.8, 4) is 0 Å². The highest BCUT2D eigenvalue weighted by Crippen LogP contribution is 2.61. The lowest BCUT2D eigenvalue weighted by molar-refractivity contribution is -0.143. The van der Waals surface area contributed by atoms with Crippen LogP contribution in [0.25, 0.3) is 0 Å². The number of benzene rings is 1. The SMILES string of the molecule is CCOC(=O)[C@@H](c1cccc(F)c1)P(=O)(OCC)OCC. The molecule has 21 heavy (non-hydrogen) atoms. The fraction of sp³-hybridized carbons (Fsp3) is 0.500. The molecule has 0 saturated carbocycles. The van der Waals surface area contributed by atoms with Crippen LogP contribution < -0.4 is 0 Å². The zero-order chi connectivity index (χ0) is 15.9. The van der Waals surface area contributed by atoms with Crippen molar-refractivity contribution >= 4 is 13.6 Å². The molecule has 0 spiro atoms. The molecule has 0 saturated heterocycles. The molecule has 1 rings (SSSR count).